The average molecular weight is 504 g/mol. The number of likely N-dealkylation sites (tertiary alicyclic amines) is 1. The Bertz CT molecular complexity index is 1340. The zero-order valence-corrected chi connectivity index (χ0v) is 20.7. The van der Waals surface area contributed by atoms with E-state index in [1.165, 1.54) is 12.1 Å². The molecule has 1 aromatic heterocycles. The summed E-state index contributed by atoms with van der Waals surface area (Å²) in [5.74, 6) is 1.27. The number of carbonyl (C=O) groups is 1. The smallest absolute Gasteiger partial charge is 0.253 e. The van der Waals surface area contributed by atoms with Gasteiger partial charge in [0, 0.05) is 24.3 Å². The van der Waals surface area contributed by atoms with E-state index in [1.54, 1.807) is 18.5 Å². The number of imidazole rings is 1. The van der Waals surface area contributed by atoms with Crippen LogP contribution in [0.15, 0.2) is 73.1 Å². The van der Waals surface area contributed by atoms with E-state index in [0.29, 0.717) is 43.4 Å². The number of aromatic nitrogens is 2. The first kappa shape index (κ1) is 24.8. The molecule has 0 bridgehead atoms. The molecule has 1 aliphatic rings. The highest BCUT2D eigenvalue weighted by atomic mass is 19.1. The molecule has 0 spiro atoms. The number of aliphatic hydroxyl groups is 1. The molecule has 1 unspecified atom stereocenters. The predicted octanol–water partition coefficient (Wildman–Crippen LogP) is 4.86. The van der Waals surface area contributed by atoms with Crippen molar-refractivity contribution in [1.29, 1.82) is 0 Å². The van der Waals surface area contributed by atoms with Crippen LogP contribution >= 0.6 is 0 Å². The zero-order valence-electron chi connectivity index (χ0n) is 20.7. The molecule has 1 aliphatic heterocycles. The summed E-state index contributed by atoms with van der Waals surface area (Å²) in [4.78, 5) is 19.4. The molecule has 7 nitrogen and oxygen atoms in total. The molecule has 1 saturated heterocycles. The number of benzene rings is 3. The van der Waals surface area contributed by atoms with Crippen LogP contribution in [0.2, 0.25) is 0 Å². The molecule has 1 atom stereocenters. The van der Waals surface area contributed by atoms with E-state index in [1.807, 2.05) is 58.9 Å². The fraction of sp³-hybridized carbons (Fsp3) is 0.310. The van der Waals surface area contributed by atoms with Gasteiger partial charge in [0.1, 0.15) is 36.9 Å². The first-order valence-corrected chi connectivity index (χ1v) is 12.5. The summed E-state index contributed by atoms with van der Waals surface area (Å²) in [7, 11) is 0. The number of hydrogen-bond donors (Lipinski definition) is 1. The minimum absolute atomic E-state index is 0.00500. The maximum Gasteiger partial charge on any atom is 0.253 e. The molecule has 3 aromatic carbocycles. The molecule has 4 aromatic rings. The van der Waals surface area contributed by atoms with Crippen LogP contribution in [0, 0.1) is 11.7 Å². The van der Waals surface area contributed by atoms with Crippen LogP contribution in [0.5, 0.6) is 11.5 Å². The second-order valence-electron chi connectivity index (χ2n) is 9.33. The summed E-state index contributed by atoms with van der Waals surface area (Å²) < 4.78 is 26.2. The summed E-state index contributed by atoms with van der Waals surface area (Å²) >= 11 is 0. The average Bonchev–Trinajstić information content (AvgIpc) is 3.35. The van der Waals surface area contributed by atoms with Gasteiger partial charge in [0.25, 0.3) is 5.91 Å². The van der Waals surface area contributed by atoms with Gasteiger partial charge in [-0.1, -0.05) is 0 Å². The molecule has 2 heterocycles. The number of hydrogen-bond acceptors (Lipinski definition) is 5. The van der Waals surface area contributed by atoms with E-state index in [2.05, 4.69) is 4.98 Å². The van der Waals surface area contributed by atoms with Crippen molar-refractivity contribution in [2.24, 2.45) is 5.92 Å². The van der Waals surface area contributed by atoms with Crippen molar-refractivity contribution < 1.29 is 23.8 Å². The van der Waals surface area contributed by atoms with Crippen LogP contribution in [0.4, 0.5) is 4.39 Å². The van der Waals surface area contributed by atoms with Gasteiger partial charge in [-0.25, -0.2) is 9.37 Å². The van der Waals surface area contributed by atoms with Gasteiger partial charge in [0.05, 0.1) is 17.1 Å². The Kier molecular flexibility index (Phi) is 7.37. The Balaban J connectivity index is 1.19. The Morgan fingerprint density at radius 2 is 1.62 bits per heavy atom. The molecule has 1 amide bonds. The minimum Gasteiger partial charge on any atom is -0.490 e. The lowest BCUT2D eigenvalue weighted by Gasteiger charge is -2.33. The molecule has 1 N–H and O–H groups in total. The van der Waals surface area contributed by atoms with Crippen molar-refractivity contribution in [3.8, 4) is 17.2 Å². The topological polar surface area (TPSA) is 76.8 Å². The lowest BCUT2D eigenvalue weighted by molar-refractivity contribution is 0.0521. The number of carbonyl (C=O) groups excluding carboxylic acids is 1. The van der Waals surface area contributed by atoms with Gasteiger partial charge >= 0.3 is 0 Å². The molecule has 37 heavy (non-hydrogen) atoms. The van der Waals surface area contributed by atoms with Gasteiger partial charge in [-0.05, 0) is 92.4 Å². The van der Waals surface area contributed by atoms with Crippen LogP contribution in [0.1, 0.15) is 30.1 Å². The molecule has 1 fully saturated rings. The van der Waals surface area contributed by atoms with Crippen molar-refractivity contribution >= 4 is 16.9 Å². The number of amides is 1. The van der Waals surface area contributed by atoms with Gasteiger partial charge < -0.3 is 19.5 Å². The maximum absolute atomic E-state index is 13.0. The van der Waals surface area contributed by atoms with Crippen molar-refractivity contribution in [3.63, 3.8) is 0 Å². The lowest BCUT2D eigenvalue weighted by atomic mass is 9.92. The third-order valence-corrected chi connectivity index (χ3v) is 6.85. The highest BCUT2D eigenvalue weighted by molar-refractivity contribution is 5.97. The van der Waals surface area contributed by atoms with E-state index < -0.39 is 0 Å². The number of halogens is 1. The lowest BCUT2D eigenvalue weighted by Crippen LogP contribution is -2.40. The Hall–Kier alpha value is -3.91. The van der Waals surface area contributed by atoms with Gasteiger partial charge in [0.15, 0.2) is 0 Å². The summed E-state index contributed by atoms with van der Waals surface area (Å²) in [6.45, 7) is 3.85. The largest absolute Gasteiger partial charge is 0.490 e. The SMILES string of the molecule is CC(O)C1CCN(C(=O)c2ccc3c(c2)ncn3-c2ccc(OCCOc3ccc(F)cc3)cc2)CC1. The Morgan fingerprint density at radius 3 is 2.24 bits per heavy atom. The maximum atomic E-state index is 13.0. The number of fused-ring (bicyclic) bond motifs is 1. The van der Waals surface area contributed by atoms with Gasteiger partial charge in [-0.2, -0.15) is 0 Å². The molecule has 8 heteroatoms. The number of piperidine rings is 1. The van der Waals surface area contributed by atoms with Crippen LogP contribution < -0.4 is 9.47 Å². The third kappa shape index (κ3) is 5.75. The van der Waals surface area contributed by atoms with Gasteiger partial charge in [-0.15, -0.1) is 0 Å². The molecule has 0 saturated carbocycles. The highest BCUT2D eigenvalue weighted by Gasteiger charge is 2.26. The van der Waals surface area contributed by atoms with E-state index in [-0.39, 0.29) is 23.7 Å². The normalized spacial score (nSPS) is 15.1. The van der Waals surface area contributed by atoms with Crippen LogP contribution in [0.25, 0.3) is 16.7 Å². The molecular weight excluding hydrogens is 473 g/mol. The molecular formula is C29H30FN3O4. The summed E-state index contributed by atoms with van der Waals surface area (Å²) in [6.07, 6.45) is 3.06. The number of aliphatic hydroxyl groups excluding tert-OH is 1. The van der Waals surface area contributed by atoms with Crippen molar-refractivity contribution in [3.05, 3.63) is 84.4 Å². The Morgan fingerprint density at radius 1 is 1.00 bits per heavy atom. The van der Waals surface area contributed by atoms with Crippen LogP contribution in [0.3, 0.4) is 0 Å². The second-order valence-corrected chi connectivity index (χ2v) is 9.33. The number of nitrogens with zero attached hydrogens (tertiary/aromatic N) is 3. The van der Waals surface area contributed by atoms with Gasteiger partial charge in [-0.3, -0.25) is 9.36 Å². The van der Waals surface area contributed by atoms with Crippen LogP contribution in [-0.2, 0) is 0 Å². The summed E-state index contributed by atoms with van der Waals surface area (Å²) in [5.41, 5.74) is 3.21. The van der Waals surface area contributed by atoms with Crippen molar-refractivity contribution in [2.75, 3.05) is 26.3 Å². The minimum atomic E-state index is -0.333. The predicted molar refractivity (Wildman–Crippen MR) is 139 cm³/mol. The van der Waals surface area contributed by atoms with E-state index >= 15 is 0 Å². The molecule has 5 rings (SSSR count). The number of rotatable bonds is 8. The zero-order chi connectivity index (χ0) is 25.8. The van der Waals surface area contributed by atoms with Crippen LogP contribution in [-0.4, -0.2) is 57.9 Å². The fourth-order valence-electron chi connectivity index (χ4n) is 4.67. The van der Waals surface area contributed by atoms with E-state index in [4.69, 9.17) is 9.47 Å². The molecule has 0 aliphatic carbocycles. The fourth-order valence-corrected chi connectivity index (χ4v) is 4.67. The number of ether oxygens (including phenoxy) is 2. The van der Waals surface area contributed by atoms with Crippen molar-refractivity contribution in [1.82, 2.24) is 14.5 Å². The molecule has 192 valence electrons. The Labute approximate surface area is 215 Å². The van der Waals surface area contributed by atoms with E-state index in [0.717, 1.165) is 29.6 Å². The second kappa shape index (κ2) is 11.0. The van der Waals surface area contributed by atoms with Crippen molar-refractivity contribution in [2.45, 2.75) is 25.9 Å². The van der Waals surface area contributed by atoms with E-state index in [9.17, 15) is 14.3 Å². The summed E-state index contributed by atoms with van der Waals surface area (Å²) in [6, 6.07) is 19.2. The standard InChI is InChI=1S/C29H30FN3O4/c1-20(34)21-12-14-32(15-13-21)29(35)22-2-11-28-27(18-22)31-19-33(28)24-5-9-26(10-6-24)37-17-16-36-25-7-3-23(30)4-8-25/h2-11,18-21,34H,12-17H2,1H3. The first-order chi connectivity index (χ1) is 18.0. The third-order valence-electron chi connectivity index (χ3n) is 6.85. The monoisotopic (exact) mass is 503 g/mol. The first-order valence-electron chi connectivity index (χ1n) is 12.5. The quantitative estimate of drug-likeness (QED) is 0.348. The van der Waals surface area contributed by atoms with Gasteiger partial charge in [0.2, 0.25) is 0 Å². The summed E-state index contributed by atoms with van der Waals surface area (Å²) in [5, 5.41) is 9.81. The highest BCUT2D eigenvalue weighted by Crippen LogP contribution is 2.25. The molecule has 0 radical (unpaired) electrons.